The number of ether oxygens (including phenoxy) is 1. The molecule has 0 heterocycles. The lowest BCUT2D eigenvalue weighted by Crippen LogP contribution is -2.04. The maximum absolute atomic E-state index is 5.64. The van der Waals surface area contributed by atoms with E-state index in [4.69, 9.17) is 16.9 Å². The highest BCUT2D eigenvalue weighted by atomic mass is 16.5. The predicted octanol–water partition coefficient (Wildman–Crippen LogP) is 2.25. The molecule has 0 aromatic heterocycles. The summed E-state index contributed by atoms with van der Waals surface area (Å²) in [6, 6.07) is 6.04. The Morgan fingerprint density at radius 1 is 1.47 bits per heavy atom. The summed E-state index contributed by atoms with van der Waals surface area (Å²) in [5, 5.41) is 0. The summed E-state index contributed by atoms with van der Waals surface area (Å²) in [5.74, 6) is 3.46. The molecule has 1 aromatic carbocycles. The lowest BCUT2D eigenvalue weighted by atomic mass is 10.1. The van der Waals surface area contributed by atoms with Crippen molar-refractivity contribution in [2.45, 2.75) is 26.3 Å². The lowest BCUT2D eigenvalue weighted by molar-refractivity contribution is 0.310. The number of nitrogens with two attached hydrogens (primary N) is 1. The summed E-state index contributed by atoms with van der Waals surface area (Å²) < 4.78 is 5.61. The molecule has 0 unspecified atom stereocenters. The van der Waals surface area contributed by atoms with Crippen molar-refractivity contribution in [2.24, 2.45) is 5.73 Å². The minimum Gasteiger partial charge on any atom is -0.493 e. The van der Waals surface area contributed by atoms with Crippen LogP contribution in [0.25, 0.3) is 0 Å². The SMILES string of the molecule is C#CCCCOc1ccc(C)cc1CN. The fourth-order valence-corrected chi connectivity index (χ4v) is 1.36. The Morgan fingerprint density at radius 2 is 2.27 bits per heavy atom. The van der Waals surface area contributed by atoms with Crippen molar-refractivity contribution >= 4 is 0 Å². The van der Waals surface area contributed by atoms with Gasteiger partial charge in [0.05, 0.1) is 6.61 Å². The average Bonchev–Trinajstić information content (AvgIpc) is 2.26. The quantitative estimate of drug-likeness (QED) is 0.588. The summed E-state index contributed by atoms with van der Waals surface area (Å²) in [4.78, 5) is 0. The van der Waals surface area contributed by atoms with Crippen LogP contribution in [0.2, 0.25) is 0 Å². The van der Waals surface area contributed by atoms with E-state index in [0.29, 0.717) is 13.2 Å². The van der Waals surface area contributed by atoms with Gasteiger partial charge >= 0.3 is 0 Å². The highest BCUT2D eigenvalue weighted by Gasteiger charge is 2.01. The number of hydrogen-bond donors (Lipinski definition) is 1. The van der Waals surface area contributed by atoms with E-state index >= 15 is 0 Å². The fraction of sp³-hybridized carbons (Fsp3) is 0.385. The largest absolute Gasteiger partial charge is 0.493 e. The van der Waals surface area contributed by atoms with Gasteiger partial charge in [-0.05, 0) is 19.4 Å². The number of rotatable bonds is 5. The standard InChI is InChI=1S/C13H17NO/c1-3-4-5-8-15-13-7-6-11(2)9-12(13)10-14/h1,6-7,9H,4-5,8,10,14H2,2H3. The molecule has 2 heteroatoms. The molecular weight excluding hydrogens is 186 g/mol. The van der Waals surface area contributed by atoms with Gasteiger partial charge in [0, 0.05) is 18.5 Å². The molecule has 15 heavy (non-hydrogen) atoms. The van der Waals surface area contributed by atoms with Gasteiger partial charge in [0.15, 0.2) is 0 Å². The first kappa shape index (κ1) is 11.6. The van der Waals surface area contributed by atoms with Gasteiger partial charge in [0.1, 0.15) is 5.75 Å². The van der Waals surface area contributed by atoms with Crippen LogP contribution in [0.3, 0.4) is 0 Å². The van der Waals surface area contributed by atoms with Gasteiger partial charge < -0.3 is 10.5 Å². The zero-order valence-electron chi connectivity index (χ0n) is 9.12. The van der Waals surface area contributed by atoms with E-state index in [0.717, 1.165) is 24.2 Å². The third-order valence-corrected chi connectivity index (χ3v) is 2.16. The summed E-state index contributed by atoms with van der Waals surface area (Å²) >= 11 is 0. The fourth-order valence-electron chi connectivity index (χ4n) is 1.36. The van der Waals surface area contributed by atoms with Crippen molar-refractivity contribution in [3.05, 3.63) is 29.3 Å². The Balaban J connectivity index is 2.57. The normalized spacial score (nSPS) is 9.67. The summed E-state index contributed by atoms with van der Waals surface area (Å²) in [5.41, 5.74) is 7.89. The van der Waals surface area contributed by atoms with Crippen LogP contribution in [0.5, 0.6) is 5.75 Å². The van der Waals surface area contributed by atoms with Crippen LogP contribution >= 0.6 is 0 Å². The number of aryl methyl sites for hydroxylation is 1. The number of benzene rings is 1. The Morgan fingerprint density at radius 3 is 2.93 bits per heavy atom. The van der Waals surface area contributed by atoms with E-state index in [1.54, 1.807) is 0 Å². The Bertz CT molecular complexity index is 352. The molecule has 0 spiro atoms. The first-order valence-corrected chi connectivity index (χ1v) is 5.13. The van der Waals surface area contributed by atoms with E-state index in [-0.39, 0.29) is 0 Å². The Hall–Kier alpha value is -1.46. The molecule has 0 aliphatic heterocycles. The summed E-state index contributed by atoms with van der Waals surface area (Å²) in [7, 11) is 0. The molecule has 80 valence electrons. The van der Waals surface area contributed by atoms with Gasteiger partial charge in [-0.3, -0.25) is 0 Å². The van der Waals surface area contributed by atoms with Crippen LogP contribution < -0.4 is 10.5 Å². The minimum absolute atomic E-state index is 0.506. The van der Waals surface area contributed by atoms with Crippen molar-refractivity contribution in [2.75, 3.05) is 6.61 Å². The minimum atomic E-state index is 0.506. The highest BCUT2D eigenvalue weighted by Crippen LogP contribution is 2.19. The van der Waals surface area contributed by atoms with E-state index in [1.165, 1.54) is 5.56 Å². The van der Waals surface area contributed by atoms with E-state index in [9.17, 15) is 0 Å². The van der Waals surface area contributed by atoms with Gasteiger partial charge in [-0.2, -0.15) is 0 Å². The van der Waals surface area contributed by atoms with Gasteiger partial charge in [-0.25, -0.2) is 0 Å². The topological polar surface area (TPSA) is 35.2 Å². The van der Waals surface area contributed by atoms with Gasteiger partial charge in [0.2, 0.25) is 0 Å². The van der Waals surface area contributed by atoms with Crippen molar-refractivity contribution in [3.8, 4) is 18.1 Å². The van der Waals surface area contributed by atoms with Crippen molar-refractivity contribution < 1.29 is 4.74 Å². The smallest absolute Gasteiger partial charge is 0.123 e. The molecule has 0 saturated heterocycles. The molecule has 0 amide bonds. The molecule has 2 nitrogen and oxygen atoms in total. The van der Waals surface area contributed by atoms with Gasteiger partial charge in [-0.1, -0.05) is 17.7 Å². The molecule has 0 aliphatic rings. The first-order valence-electron chi connectivity index (χ1n) is 5.13. The number of terminal acetylenes is 1. The molecule has 0 atom stereocenters. The second-order valence-corrected chi connectivity index (χ2v) is 3.47. The second kappa shape index (κ2) is 6.10. The third-order valence-electron chi connectivity index (χ3n) is 2.16. The maximum atomic E-state index is 5.64. The van der Waals surface area contributed by atoms with Crippen LogP contribution in [0.1, 0.15) is 24.0 Å². The van der Waals surface area contributed by atoms with Crippen molar-refractivity contribution in [3.63, 3.8) is 0 Å². The van der Waals surface area contributed by atoms with Crippen LogP contribution in [-0.4, -0.2) is 6.61 Å². The summed E-state index contributed by atoms with van der Waals surface area (Å²) in [6.07, 6.45) is 6.80. The first-order chi connectivity index (χ1) is 7.27. The Kier molecular flexibility index (Phi) is 4.73. The molecule has 0 aliphatic carbocycles. The average molecular weight is 203 g/mol. The molecule has 0 bridgehead atoms. The monoisotopic (exact) mass is 203 g/mol. The van der Waals surface area contributed by atoms with Gasteiger partial charge in [-0.15, -0.1) is 12.3 Å². The highest BCUT2D eigenvalue weighted by molar-refractivity contribution is 5.36. The molecule has 1 rings (SSSR count). The number of hydrogen-bond acceptors (Lipinski definition) is 2. The van der Waals surface area contributed by atoms with Crippen molar-refractivity contribution in [1.82, 2.24) is 0 Å². The lowest BCUT2D eigenvalue weighted by Gasteiger charge is -2.10. The van der Waals surface area contributed by atoms with E-state index < -0.39 is 0 Å². The maximum Gasteiger partial charge on any atom is 0.123 e. The molecule has 0 radical (unpaired) electrons. The predicted molar refractivity (Wildman–Crippen MR) is 62.6 cm³/mol. The second-order valence-electron chi connectivity index (χ2n) is 3.47. The molecule has 0 fully saturated rings. The van der Waals surface area contributed by atoms with Crippen LogP contribution in [0, 0.1) is 19.3 Å². The van der Waals surface area contributed by atoms with Crippen LogP contribution in [-0.2, 0) is 6.54 Å². The van der Waals surface area contributed by atoms with Crippen LogP contribution in [0.15, 0.2) is 18.2 Å². The molecular formula is C13H17NO. The third kappa shape index (κ3) is 3.65. The zero-order chi connectivity index (χ0) is 11.1. The summed E-state index contributed by atoms with van der Waals surface area (Å²) in [6.45, 7) is 3.20. The number of unbranched alkanes of at least 4 members (excludes halogenated alkanes) is 1. The molecule has 2 N–H and O–H groups in total. The van der Waals surface area contributed by atoms with E-state index in [2.05, 4.69) is 12.0 Å². The van der Waals surface area contributed by atoms with Gasteiger partial charge in [0.25, 0.3) is 0 Å². The van der Waals surface area contributed by atoms with Crippen LogP contribution in [0.4, 0.5) is 0 Å². The molecule has 0 saturated carbocycles. The van der Waals surface area contributed by atoms with Crippen molar-refractivity contribution in [1.29, 1.82) is 0 Å². The zero-order valence-corrected chi connectivity index (χ0v) is 9.12. The molecule has 1 aromatic rings. The van der Waals surface area contributed by atoms with E-state index in [1.807, 2.05) is 19.1 Å². The Labute approximate surface area is 91.4 Å².